The van der Waals surface area contributed by atoms with Gasteiger partial charge in [-0.05, 0) is 30.3 Å². The molecule has 8 heteroatoms. The van der Waals surface area contributed by atoms with Gasteiger partial charge in [-0.1, -0.05) is 17.4 Å². The predicted octanol–water partition coefficient (Wildman–Crippen LogP) is 0.917. The van der Waals surface area contributed by atoms with Crippen LogP contribution in [0.5, 0.6) is 5.88 Å². The Hall–Kier alpha value is -3.13. The first-order valence-electron chi connectivity index (χ1n) is 7.32. The zero-order valence-electron chi connectivity index (χ0n) is 13.0. The quantitative estimate of drug-likeness (QED) is 0.743. The smallest absolute Gasteiger partial charge is 0.279 e. The molecule has 0 atom stereocenters. The summed E-state index contributed by atoms with van der Waals surface area (Å²) in [6.07, 6.45) is 1.61. The molecule has 0 bridgehead atoms. The van der Waals surface area contributed by atoms with E-state index in [2.05, 4.69) is 15.0 Å². The molecule has 2 aromatic heterocycles. The Kier molecular flexibility index (Phi) is 3.54. The molecule has 0 saturated heterocycles. The second-order valence-corrected chi connectivity index (χ2v) is 6.33. The lowest BCUT2D eigenvalue weighted by atomic mass is 10.1. The van der Waals surface area contributed by atoms with Gasteiger partial charge in [0.25, 0.3) is 5.91 Å². The van der Waals surface area contributed by atoms with E-state index in [1.54, 1.807) is 31.4 Å². The van der Waals surface area contributed by atoms with Crippen molar-refractivity contribution in [2.75, 3.05) is 0 Å². The van der Waals surface area contributed by atoms with Crippen molar-refractivity contribution in [3.8, 4) is 5.88 Å². The molecule has 1 aliphatic heterocycles. The highest BCUT2D eigenvalue weighted by Crippen LogP contribution is 2.27. The van der Waals surface area contributed by atoms with Gasteiger partial charge in [0.1, 0.15) is 10.7 Å². The number of halogens is 1. The van der Waals surface area contributed by atoms with Gasteiger partial charge in [-0.15, -0.1) is 0 Å². The van der Waals surface area contributed by atoms with Crippen molar-refractivity contribution in [2.24, 2.45) is 17.0 Å². The minimum atomic E-state index is -0.512. The number of aromatic nitrogens is 2. The van der Waals surface area contributed by atoms with Gasteiger partial charge >= 0.3 is 0 Å². The average Bonchev–Trinajstić information content (AvgIpc) is 3.06. The number of aromatic hydroxyl groups is 1. The molecule has 0 spiro atoms. The van der Waals surface area contributed by atoms with Gasteiger partial charge in [0.2, 0.25) is 5.88 Å². The lowest BCUT2D eigenvalue weighted by Gasteiger charge is -1.98. The van der Waals surface area contributed by atoms with E-state index in [0.29, 0.717) is 26.1 Å². The minimum Gasteiger partial charge on any atom is -0.493 e. The number of rotatable bonds is 2. The van der Waals surface area contributed by atoms with Crippen LogP contribution in [0, 0.1) is 5.82 Å². The number of carbonyl (C=O) groups is 1. The van der Waals surface area contributed by atoms with E-state index in [0.717, 1.165) is 11.3 Å². The Bertz CT molecular complexity index is 1200. The number of fused-ring (bicyclic) bond motifs is 1. The van der Waals surface area contributed by atoms with Gasteiger partial charge in [0.15, 0.2) is 10.6 Å². The number of pyridine rings is 1. The van der Waals surface area contributed by atoms with Crippen LogP contribution in [0.15, 0.2) is 52.6 Å². The molecule has 1 N–H and O–H groups in total. The highest BCUT2D eigenvalue weighted by molar-refractivity contribution is 7.11. The fraction of sp³-hybridized carbons (Fsp3) is 0.0588. The zero-order chi connectivity index (χ0) is 17.6. The topological polar surface area (TPSA) is 79.8 Å². The molecule has 3 heterocycles. The van der Waals surface area contributed by atoms with Crippen LogP contribution in [0.2, 0.25) is 0 Å². The maximum Gasteiger partial charge on any atom is 0.279 e. The van der Waals surface area contributed by atoms with Gasteiger partial charge in [-0.25, -0.2) is 19.4 Å². The van der Waals surface area contributed by atoms with E-state index < -0.39 is 11.7 Å². The number of hydrogen-bond acceptors (Lipinski definition) is 5. The van der Waals surface area contributed by atoms with Crippen LogP contribution in [0.25, 0.3) is 5.57 Å². The molecule has 0 fully saturated rings. The van der Waals surface area contributed by atoms with Crippen molar-refractivity contribution in [3.05, 3.63) is 68.7 Å². The maximum atomic E-state index is 13.6. The van der Waals surface area contributed by atoms with E-state index in [1.807, 2.05) is 0 Å². The number of amides is 1. The molecule has 1 amide bonds. The van der Waals surface area contributed by atoms with Crippen LogP contribution in [0.4, 0.5) is 10.2 Å². The van der Waals surface area contributed by atoms with Crippen molar-refractivity contribution >= 4 is 28.6 Å². The van der Waals surface area contributed by atoms with E-state index >= 15 is 0 Å². The SMILES string of the molecule is Cn1c(O)c(C2=c3cc(F)ccc3=NC2=O)s/c1=N/c1ccccn1. The van der Waals surface area contributed by atoms with Crippen LogP contribution in [0.3, 0.4) is 0 Å². The largest absolute Gasteiger partial charge is 0.493 e. The van der Waals surface area contributed by atoms with E-state index in [1.165, 1.54) is 22.8 Å². The normalized spacial score (nSPS) is 13.9. The van der Waals surface area contributed by atoms with Crippen LogP contribution in [-0.2, 0) is 11.8 Å². The fourth-order valence-electron chi connectivity index (χ4n) is 2.53. The van der Waals surface area contributed by atoms with E-state index in [-0.39, 0.29) is 11.5 Å². The molecule has 0 radical (unpaired) electrons. The van der Waals surface area contributed by atoms with Crippen molar-refractivity contribution < 1.29 is 14.3 Å². The molecule has 0 aliphatic carbocycles. The Labute approximate surface area is 144 Å². The van der Waals surface area contributed by atoms with Gasteiger partial charge in [-0.3, -0.25) is 9.36 Å². The van der Waals surface area contributed by atoms with Crippen LogP contribution in [0.1, 0.15) is 4.88 Å². The first kappa shape index (κ1) is 15.4. The van der Waals surface area contributed by atoms with Crippen LogP contribution >= 0.6 is 11.3 Å². The molecule has 3 aromatic rings. The predicted molar refractivity (Wildman–Crippen MR) is 89.1 cm³/mol. The molecule has 124 valence electrons. The van der Waals surface area contributed by atoms with Crippen LogP contribution < -0.4 is 15.4 Å². The Balaban J connectivity index is 1.99. The number of nitrogens with zero attached hydrogens (tertiary/aromatic N) is 4. The standard InChI is InChI=1S/C17H11FN4O2S/c1-22-16(24)14(25-17(22)21-12-4-2-3-7-19-12)13-10-8-9(18)5-6-11(10)20-15(13)23/h2-8,24H,1H3/b21-17+. The summed E-state index contributed by atoms with van der Waals surface area (Å²) >= 11 is 1.12. The second-order valence-electron chi connectivity index (χ2n) is 5.35. The average molecular weight is 354 g/mol. The zero-order valence-corrected chi connectivity index (χ0v) is 13.8. The number of benzene rings is 1. The Morgan fingerprint density at radius 2 is 2.12 bits per heavy atom. The highest BCUT2D eigenvalue weighted by atomic mass is 32.1. The van der Waals surface area contributed by atoms with Crippen molar-refractivity contribution in [1.29, 1.82) is 0 Å². The summed E-state index contributed by atoms with van der Waals surface area (Å²) in [6.45, 7) is 0. The molecule has 25 heavy (non-hydrogen) atoms. The third-order valence-corrected chi connectivity index (χ3v) is 4.89. The molecule has 4 rings (SSSR count). The summed E-state index contributed by atoms with van der Waals surface area (Å²) in [6, 6.07) is 9.23. The van der Waals surface area contributed by atoms with E-state index in [4.69, 9.17) is 0 Å². The molecule has 6 nitrogen and oxygen atoms in total. The fourth-order valence-corrected chi connectivity index (χ4v) is 3.61. The summed E-state index contributed by atoms with van der Waals surface area (Å²) in [4.78, 5) is 25.5. The monoisotopic (exact) mass is 354 g/mol. The number of thiazole rings is 1. The summed E-state index contributed by atoms with van der Waals surface area (Å²) in [7, 11) is 1.63. The summed E-state index contributed by atoms with van der Waals surface area (Å²) < 4.78 is 15.0. The summed E-state index contributed by atoms with van der Waals surface area (Å²) in [5.41, 5.74) is 0.176. The molecule has 1 aliphatic rings. The minimum absolute atomic E-state index is 0.129. The van der Waals surface area contributed by atoms with Crippen molar-refractivity contribution in [3.63, 3.8) is 0 Å². The van der Waals surface area contributed by atoms with Gasteiger partial charge in [0.05, 0.1) is 10.9 Å². The summed E-state index contributed by atoms with van der Waals surface area (Å²) in [5, 5.41) is 11.2. The maximum absolute atomic E-state index is 13.6. The van der Waals surface area contributed by atoms with Crippen LogP contribution in [-0.4, -0.2) is 20.6 Å². The number of hydrogen-bond donors (Lipinski definition) is 1. The molecular formula is C17H11FN4O2S. The Morgan fingerprint density at radius 1 is 1.28 bits per heavy atom. The first-order valence-corrected chi connectivity index (χ1v) is 8.14. The Morgan fingerprint density at radius 3 is 2.88 bits per heavy atom. The lowest BCUT2D eigenvalue weighted by molar-refractivity contribution is -0.112. The first-order chi connectivity index (χ1) is 12.0. The third kappa shape index (κ3) is 2.56. The van der Waals surface area contributed by atoms with Gasteiger partial charge in [0, 0.05) is 18.5 Å². The van der Waals surface area contributed by atoms with Crippen molar-refractivity contribution in [2.45, 2.75) is 0 Å². The lowest BCUT2D eigenvalue weighted by Crippen LogP contribution is -2.23. The molecule has 0 saturated carbocycles. The van der Waals surface area contributed by atoms with E-state index in [9.17, 15) is 14.3 Å². The third-order valence-electron chi connectivity index (χ3n) is 3.75. The van der Waals surface area contributed by atoms with Gasteiger partial charge in [-0.2, -0.15) is 0 Å². The number of carbonyl (C=O) groups excluding carboxylic acids is 1. The summed E-state index contributed by atoms with van der Waals surface area (Å²) in [5.74, 6) is -0.637. The second kappa shape index (κ2) is 5.75. The molecule has 0 unspecified atom stereocenters. The van der Waals surface area contributed by atoms with Crippen molar-refractivity contribution in [1.82, 2.24) is 9.55 Å². The molecule has 1 aromatic carbocycles. The van der Waals surface area contributed by atoms with Gasteiger partial charge < -0.3 is 5.11 Å². The highest BCUT2D eigenvalue weighted by Gasteiger charge is 2.25. The molecular weight excluding hydrogens is 343 g/mol.